The first kappa shape index (κ1) is 12.7. The van der Waals surface area contributed by atoms with Gasteiger partial charge < -0.3 is 0 Å². The molecule has 1 aliphatic heterocycles. The molecule has 0 unspecified atom stereocenters. The van der Waals surface area contributed by atoms with Gasteiger partial charge in [-0.05, 0) is 49.5 Å². The summed E-state index contributed by atoms with van der Waals surface area (Å²) in [6.07, 6.45) is 3.83. The van der Waals surface area contributed by atoms with Gasteiger partial charge in [-0.1, -0.05) is 6.42 Å². The fraction of sp³-hybridized carbons (Fsp3) is 0.800. The molecule has 15 heavy (non-hydrogen) atoms. The third-order valence-electron chi connectivity index (χ3n) is 2.59. The fourth-order valence-electron chi connectivity index (χ4n) is 1.81. The van der Waals surface area contributed by atoms with E-state index in [1.165, 1.54) is 42.8 Å². The lowest BCUT2D eigenvalue weighted by atomic mass is 10.1. The lowest BCUT2D eigenvalue weighted by molar-refractivity contribution is 0.190. The van der Waals surface area contributed by atoms with Crippen molar-refractivity contribution in [3.8, 4) is 10.8 Å². The smallest absolute Gasteiger partial charge is 0.133 e. The Balaban J connectivity index is 2.39. The summed E-state index contributed by atoms with van der Waals surface area (Å²) in [7, 11) is 0. The highest BCUT2D eigenvalue weighted by Crippen LogP contribution is 2.18. The van der Waals surface area contributed by atoms with Crippen LogP contribution in [0.5, 0.6) is 0 Å². The third kappa shape index (κ3) is 4.79. The molecule has 1 fully saturated rings. The molecule has 0 atom stereocenters. The van der Waals surface area contributed by atoms with Crippen LogP contribution < -0.4 is 0 Å². The second-order valence-electron chi connectivity index (χ2n) is 3.56. The molecule has 0 bridgehead atoms. The van der Waals surface area contributed by atoms with E-state index in [0.29, 0.717) is 6.04 Å². The monoisotopic (exact) mass is 241 g/mol. The first-order valence-electron chi connectivity index (χ1n) is 5.14. The van der Waals surface area contributed by atoms with Gasteiger partial charge in [-0.25, -0.2) is 0 Å². The van der Waals surface area contributed by atoms with E-state index >= 15 is 0 Å². The molecular formula is C10H15N3S2. The summed E-state index contributed by atoms with van der Waals surface area (Å²) in [4.78, 5) is 2.43. The number of thioether (sulfide) groups is 2. The van der Waals surface area contributed by atoms with Crippen LogP contribution in [-0.2, 0) is 0 Å². The Kier molecular flexibility index (Phi) is 6.67. The Morgan fingerprint density at radius 3 is 2.00 bits per heavy atom. The van der Waals surface area contributed by atoms with Crippen molar-refractivity contribution in [2.75, 3.05) is 24.6 Å². The van der Waals surface area contributed by atoms with Crippen LogP contribution in [0, 0.1) is 21.3 Å². The minimum Gasteiger partial charge on any atom is -0.299 e. The zero-order chi connectivity index (χ0) is 10.9. The van der Waals surface area contributed by atoms with E-state index in [2.05, 4.69) is 15.7 Å². The molecule has 0 amide bonds. The number of hydrogen-bond acceptors (Lipinski definition) is 5. The molecule has 5 heteroatoms. The largest absolute Gasteiger partial charge is 0.299 e. The van der Waals surface area contributed by atoms with Crippen molar-refractivity contribution in [1.29, 1.82) is 10.5 Å². The molecule has 0 aromatic carbocycles. The normalized spacial score (nSPS) is 17.3. The number of thiocyanates is 2. The third-order valence-corrected chi connectivity index (χ3v) is 3.95. The van der Waals surface area contributed by atoms with E-state index in [9.17, 15) is 0 Å². The summed E-state index contributed by atoms with van der Waals surface area (Å²) in [6.45, 7) is 2.26. The number of piperidine rings is 1. The molecule has 3 nitrogen and oxygen atoms in total. The minimum atomic E-state index is 0.389. The van der Waals surface area contributed by atoms with Crippen LogP contribution in [-0.4, -0.2) is 35.5 Å². The summed E-state index contributed by atoms with van der Waals surface area (Å²) in [6, 6.07) is 0.389. The average Bonchev–Trinajstić information content (AvgIpc) is 2.30. The average molecular weight is 241 g/mol. The van der Waals surface area contributed by atoms with Gasteiger partial charge in [0.15, 0.2) is 0 Å². The molecule has 1 aliphatic rings. The summed E-state index contributed by atoms with van der Waals surface area (Å²) in [5.41, 5.74) is 0. The Bertz CT molecular complexity index is 232. The molecule has 0 N–H and O–H groups in total. The van der Waals surface area contributed by atoms with Crippen molar-refractivity contribution in [2.45, 2.75) is 25.3 Å². The van der Waals surface area contributed by atoms with Gasteiger partial charge in [-0.15, -0.1) is 0 Å². The maximum atomic E-state index is 8.56. The first-order valence-corrected chi connectivity index (χ1v) is 7.11. The fourth-order valence-corrected chi connectivity index (χ4v) is 3.15. The maximum Gasteiger partial charge on any atom is 0.133 e. The van der Waals surface area contributed by atoms with E-state index in [-0.39, 0.29) is 0 Å². The zero-order valence-electron chi connectivity index (χ0n) is 8.69. The first-order chi connectivity index (χ1) is 7.38. The van der Waals surface area contributed by atoms with Gasteiger partial charge in [0, 0.05) is 17.5 Å². The van der Waals surface area contributed by atoms with Crippen LogP contribution in [0.2, 0.25) is 0 Å². The van der Waals surface area contributed by atoms with Crippen LogP contribution in [0.15, 0.2) is 0 Å². The maximum absolute atomic E-state index is 8.56. The molecule has 82 valence electrons. The van der Waals surface area contributed by atoms with Gasteiger partial charge in [0.2, 0.25) is 0 Å². The van der Waals surface area contributed by atoms with Crippen LogP contribution in [0.25, 0.3) is 0 Å². The number of rotatable bonds is 5. The van der Waals surface area contributed by atoms with Crippen molar-refractivity contribution >= 4 is 23.5 Å². The van der Waals surface area contributed by atoms with Gasteiger partial charge in [-0.3, -0.25) is 4.90 Å². The van der Waals surface area contributed by atoms with Crippen molar-refractivity contribution in [3.63, 3.8) is 0 Å². The summed E-state index contributed by atoms with van der Waals surface area (Å²) in [5, 5.41) is 21.3. The molecule has 0 saturated carbocycles. The SMILES string of the molecule is N#CSCC(CSC#N)N1CCCCC1. The van der Waals surface area contributed by atoms with E-state index in [1.807, 2.05) is 0 Å². The molecule has 1 rings (SSSR count). The van der Waals surface area contributed by atoms with Gasteiger partial charge in [0.25, 0.3) is 0 Å². The Morgan fingerprint density at radius 2 is 1.53 bits per heavy atom. The lowest BCUT2D eigenvalue weighted by Gasteiger charge is -2.33. The van der Waals surface area contributed by atoms with Crippen LogP contribution in [0.3, 0.4) is 0 Å². The van der Waals surface area contributed by atoms with E-state index in [0.717, 1.165) is 24.6 Å². The van der Waals surface area contributed by atoms with Crippen molar-refractivity contribution in [2.24, 2.45) is 0 Å². The Morgan fingerprint density at radius 1 is 1.00 bits per heavy atom. The molecular weight excluding hydrogens is 226 g/mol. The number of likely N-dealkylation sites (tertiary alicyclic amines) is 1. The van der Waals surface area contributed by atoms with E-state index < -0.39 is 0 Å². The minimum absolute atomic E-state index is 0.389. The highest BCUT2D eigenvalue weighted by molar-refractivity contribution is 8.04. The number of hydrogen-bond donors (Lipinski definition) is 0. The molecule has 0 aromatic heterocycles. The molecule has 0 aliphatic carbocycles. The van der Waals surface area contributed by atoms with E-state index in [4.69, 9.17) is 10.5 Å². The van der Waals surface area contributed by atoms with Gasteiger partial charge >= 0.3 is 0 Å². The Hall–Kier alpha value is -0.360. The highest BCUT2D eigenvalue weighted by atomic mass is 32.2. The summed E-state index contributed by atoms with van der Waals surface area (Å²) < 4.78 is 0. The van der Waals surface area contributed by atoms with E-state index in [1.54, 1.807) is 0 Å². The predicted octanol–water partition coefficient (Wildman–Crippen LogP) is 2.27. The van der Waals surface area contributed by atoms with Crippen LogP contribution in [0.4, 0.5) is 0 Å². The molecule has 0 spiro atoms. The number of nitrogens with zero attached hydrogens (tertiary/aromatic N) is 3. The second kappa shape index (κ2) is 7.87. The predicted molar refractivity (Wildman–Crippen MR) is 65.4 cm³/mol. The summed E-state index contributed by atoms with van der Waals surface area (Å²) >= 11 is 2.60. The molecule has 0 aromatic rings. The standard InChI is InChI=1S/C10H15N3S2/c11-8-14-6-10(7-15-9-12)13-4-2-1-3-5-13/h10H,1-7H2. The highest BCUT2D eigenvalue weighted by Gasteiger charge is 2.20. The Labute approximate surface area is 99.8 Å². The molecule has 1 heterocycles. The molecule has 1 saturated heterocycles. The van der Waals surface area contributed by atoms with Crippen LogP contribution in [0.1, 0.15) is 19.3 Å². The van der Waals surface area contributed by atoms with Crippen molar-refractivity contribution < 1.29 is 0 Å². The zero-order valence-corrected chi connectivity index (χ0v) is 10.3. The van der Waals surface area contributed by atoms with Crippen molar-refractivity contribution in [1.82, 2.24) is 4.90 Å². The second-order valence-corrected chi connectivity index (χ2v) is 5.16. The molecule has 0 radical (unpaired) electrons. The summed E-state index contributed by atoms with van der Waals surface area (Å²) in [5.74, 6) is 1.65. The van der Waals surface area contributed by atoms with Crippen LogP contribution >= 0.6 is 23.5 Å². The quantitative estimate of drug-likeness (QED) is 0.691. The van der Waals surface area contributed by atoms with Crippen molar-refractivity contribution in [3.05, 3.63) is 0 Å². The topological polar surface area (TPSA) is 50.8 Å². The lowest BCUT2D eigenvalue weighted by Crippen LogP contribution is -2.42. The number of nitriles is 2. The van der Waals surface area contributed by atoms with Gasteiger partial charge in [-0.2, -0.15) is 10.5 Å². The van der Waals surface area contributed by atoms with Gasteiger partial charge in [0.05, 0.1) is 0 Å². The van der Waals surface area contributed by atoms with Gasteiger partial charge in [0.1, 0.15) is 10.8 Å².